The minimum atomic E-state index is -0.598. The molecule has 0 unspecified atom stereocenters. The number of rotatable bonds is 6. The summed E-state index contributed by atoms with van der Waals surface area (Å²) in [6.45, 7) is 7.56. The van der Waals surface area contributed by atoms with Crippen LogP contribution in [-0.2, 0) is 17.7 Å². The van der Waals surface area contributed by atoms with E-state index in [-0.39, 0.29) is 35.8 Å². The molecule has 1 atom stereocenters. The Kier molecular flexibility index (Phi) is 7.10. The molecule has 2 amide bonds. The Labute approximate surface area is 230 Å². The van der Waals surface area contributed by atoms with Crippen molar-refractivity contribution in [2.24, 2.45) is 0 Å². The van der Waals surface area contributed by atoms with E-state index in [0.717, 1.165) is 22.3 Å². The van der Waals surface area contributed by atoms with E-state index >= 15 is 0 Å². The first kappa shape index (κ1) is 27.0. The van der Waals surface area contributed by atoms with Crippen LogP contribution >= 0.6 is 0 Å². The van der Waals surface area contributed by atoms with Gasteiger partial charge in [-0.15, -0.1) is 0 Å². The first-order valence-electron chi connectivity index (χ1n) is 13.0. The largest absolute Gasteiger partial charge is 0.456 e. The van der Waals surface area contributed by atoms with Crippen LogP contribution in [0.2, 0.25) is 0 Å². The van der Waals surface area contributed by atoms with Crippen LogP contribution in [0.25, 0.3) is 5.65 Å². The second-order valence-electron chi connectivity index (χ2n) is 10.8. The summed E-state index contributed by atoms with van der Waals surface area (Å²) < 4.78 is 20.1. The van der Waals surface area contributed by atoms with Gasteiger partial charge in [0.1, 0.15) is 22.8 Å². The average molecular weight is 544 g/mol. The Morgan fingerprint density at radius 2 is 1.82 bits per heavy atom. The fourth-order valence-electron chi connectivity index (χ4n) is 4.88. The molecule has 0 saturated carbocycles. The summed E-state index contributed by atoms with van der Waals surface area (Å²) in [7, 11) is 0. The second kappa shape index (κ2) is 10.5. The van der Waals surface area contributed by atoms with E-state index < -0.39 is 17.4 Å². The van der Waals surface area contributed by atoms with Crippen LogP contribution in [0.15, 0.2) is 54.7 Å². The van der Waals surface area contributed by atoms with Crippen LogP contribution in [0, 0.1) is 12.7 Å². The molecule has 2 aromatic heterocycles. The number of carbonyl (C=O) groups excluding carboxylic acids is 3. The molecule has 1 aliphatic rings. The van der Waals surface area contributed by atoms with Gasteiger partial charge < -0.3 is 15.4 Å². The quantitative estimate of drug-likeness (QED) is 0.347. The van der Waals surface area contributed by atoms with E-state index in [9.17, 15) is 18.8 Å². The van der Waals surface area contributed by atoms with E-state index in [1.165, 1.54) is 28.9 Å². The third-order valence-electron chi connectivity index (χ3n) is 6.81. The first-order valence-corrected chi connectivity index (χ1v) is 13.0. The zero-order chi connectivity index (χ0) is 28.6. The van der Waals surface area contributed by atoms with Crippen LogP contribution in [0.5, 0.6) is 0 Å². The lowest BCUT2D eigenvalue weighted by Gasteiger charge is -2.21. The molecule has 10 heteroatoms. The SMILES string of the molecule is Cc1c(C(=O)OC(C)(C)C)ccc2c1CC[C@@H]2NC(=O)c1cc(C(=O)NCc2ccc(F)cc2)n2nccc2n1. The van der Waals surface area contributed by atoms with Crippen molar-refractivity contribution in [2.45, 2.75) is 58.7 Å². The maximum Gasteiger partial charge on any atom is 0.338 e. The Hall–Kier alpha value is -4.60. The van der Waals surface area contributed by atoms with Gasteiger partial charge in [-0.1, -0.05) is 18.2 Å². The number of hydrogen-bond donors (Lipinski definition) is 2. The monoisotopic (exact) mass is 543 g/mol. The molecule has 9 nitrogen and oxygen atoms in total. The molecule has 0 spiro atoms. The lowest BCUT2D eigenvalue weighted by molar-refractivity contribution is 0.00683. The first-order chi connectivity index (χ1) is 19.0. The Morgan fingerprint density at radius 1 is 1.07 bits per heavy atom. The van der Waals surface area contributed by atoms with Gasteiger partial charge in [0.2, 0.25) is 0 Å². The van der Waals surface area contributed by atoms with Crippen LogP contribution < -0.4 is 10.6 Å². The van der Waals surface area contributed by atoms with Crippen LogP contribution in [0.3, 0.4) is 0 Å². The number of nitrogens with zero attached hydrogens (tertiary/aromatic N) is 3. The number of nitrogens with one attached hydrogen (secondary N) is 2. The van der Waals surface area contributed by atoms with Crippen molar-refractivity contribution in [3.05, 3.63) is 99.8 Å². The highest BCUT2D eigenvalue weighted by atomic mass is 19.1. The van der Waals surface area contributed by atoms with Crippen molar-refractivity contribution < 1.29 is 23.5 Å². The van der Waals surface area contributed by atoms with E-state index in [2.05, 4.69) is 20.7 Å². The topological polar surface area (TPSA) is 115 Å². The van der Waals surface area contributed by atoms with Gasteiger partial charge in [-0.05, 0) is 81.0 Å². The van der Waals surface area contributed by atoms with Gasteiger partial charge in [-0.3, -0.25) is 9.59 Å². The lowest BCUT2D eigenvalue weighted by atomic mass is 9.97. The van der Waals surface area contributed by atoms with E-state index in [1.807, 2.05) is 33.8 Å². The molecule has 2 N–H and O–H groups in total. The zero-order valence-electron chi connectivity index (χ0n) is 22.7. The van der Waals surface area contributed by atoms with Crippen molar-refractivity contribution in [3.63, 3.8) is 0 Å². The number of hydrogen-bond acceptors (Lipinski definition) is 6. The number of ether oxygens (including phenoxy) is 1. The molecule has 2 heterocycles. The third kappa shape index (κ3) is 5.56. The van der Waals surface area contributed by atoms with Gasteiger partial charge in [0.05, 0.1) is 17.8 Å². The number of aromatic nitrogens is 3. The van der Waals surface area contributed by atoms with Gasteiger partial charge in [-0.25, -0.2) is 18.7 Å². The maximum atomic E-state index is 13.3. The molecule has 0 aliphatic heterocycles. The van der Waals surface area contributed by atoms with Gasteiger partial charge in [0.15, 0.2) is 5.65 Å². The summed E-state index contributed by atoms with van der Waals surface area (Å²) in [4.78, 5) is 43.5. The van der Waals surface area contributed by atoms with Crippen molar-refractivity contribution >= 4 is 23.4 Å². The van der Waals surface area contributed by atoms with E-state index in [4.69, 9.17) is 4.74 Å². The molecular weight excluding hydrogens is 513 g/mol. The van der Waals surface area contributed by atoms with E-state index in [1.54, 1.807) is 24.3 Å². The molecular formula is C30H30FN5O4. The fourth-order valence-corrected chi connectivity index (χ4v) is 4.88. The van der Waals surface area contributed by atoms with Crippen molar-refractivity contribution in [3.8, 4) is 0 Å². The fraction of sp³-hybridized carbons (Fsp3) is 0.300. The molecule has 4 aromatic rings. The standard InChI is InChI=1S/C30H30FN5O4/c1-17-20-11-12-23(22(20)10-9-21(17)29(39)40-30(2,3)4)35-27(37)24-15-25(36-26(34-24)13-14-33-36)28(38)32-16-18-5-7-19(31)8-6-18/h5-10,13-15,23H,11-12,16H2,1-4H3,(H,32,38)(H,35,37)/t23-/m0/s1. The Bertz CT molecular complexity index is 1620. The van der Waals surface area contributed by atoms with Crippen molar-refractivity contribution in [1.82, 2.24) is 25.2 Å². The maximum absolute atomic E-state index is 13.3. The number of carbonyl (C=O) groups is 3. The molecule has 0 radical (unpaired) electrons. The molecule has 1 aliphatic carbocycles. The smallest absolute Gasteiger partial charge is 0.338 e. The highest BCUT2D eigenvalue weighted by molar-refractivity contribution is 5.98. The van der Waals surface area contributed by atoms with Gasteiger partial charge >= 0.3 is 5.97 Å². The zero-order valence-corrected chi connectivity index (χ0v) is 22.7. The predicted octanol–water partition coefficient (Wildman–Crippen LogP) is 4.48. The Balaban J connectivity index is 1.34. The Morgan fingerprint density at radius 3 is 2.55 bits per heavy atom. The average Bonchev–Trinajstić information content (AvgIpc) is 3.54. The third-order valence-corrected chi connectivity index (χ3v) is 6.81. The minimum Gasteiger partial charge on any atom is -0.456 e. The molecule has 0 bridgehead atoms. The molecule has 0 saturated heterocycles. The number of fused-ring (bicyclic) bond motifs is 2. The number of benzene rings is 2. The molecule has 40 heavy (non-hydrogen) atoms. The van der Waals surface area contributed by atoms with Crippen LogP contribution in [0.1, 0.15) is 86.8 Å². The highest BCUT2D eigenvalue weighted by Gasteiger charge is 2.29. The van der Waals surface area contributed by atoms with Gasteiger partial charge in [0, 0.05) is 18.7 Å². The minimum absolute atomic E-state index is 0.0791. The van der Waals surface area contributed by atoms with Crippen LogP contribution in [0.4, 0.5) is 4.39 Å². The van der Waals surface area contributed by atoms with Gasteiger partial charge in [0.25, 0.3) is 11.8 Å². The normalized spacial score (nSPS) is 14.6. The summed E-state index contributed by atoms with van der Waals surface area (Å²) in [5.74, 6) is -1.61. The lowest BCUT2D eigenvalue weighted by Crippen LogP contribution is -2.30. The number of halogens is 1. The molecule has 2 aromatic carbocycles. The van der Waals surface area contributed by atoms with E-state index in [0.29, 0.717) is 24.1 Å². The van der Waals surface area contributed by atoms with Crippen molar-refractivity contribution in [2.75, 3.05) is 0 Å². The highest BCUT2D eigenvalue weighted by Crippen LogP contribution is 2.35. The number of esters is 1. The summed E-state index contributed by atoms with van der Waals surface area (Å²) in [6.07, 6.45) is 2.87. The molecule has 0 fully saturated rings. The summed E-state index contributed by atoms with van der Waals surface area (Å²) in [5.41, 5.74) is 4.04. The summed E-state index contributed by atoms with van der Waals surface area (Å²) in [6, 6.07) is 12.2. The molecule has 5 rings (SSSR count). The van der Waals surface area contributed by atoms with Crippen molar-refractivity contribution in [1.29, 1.82) is 0 Å². The predicted molar refractivity (Wildman–Crippen MR) is 145 cm³/mol. The van der Waals surface area contributed by atoms with Gasteiger partial charge in [-0.2, -0.15) is 5.10 Å². The summed E-state index contributed by atoms with van der Waals surface area (Å²) in [5, 5.41) is 9.99. The summed E-state index contributed by atoms with van der Waals surface area (Å²) >= 11 is 0. The van der Waals surface area contributed by atoms with Crippen LogP contribution in [-0.4, -0.2) is 38.0 Å². The number of amides is 2. The second-order valence-corrected chi connectivity index (χ2v) is 10.8. The molecule has 206 valence electrons.